The van der Waals surface area contributed by atoms with Gasteiger partial charge >= 0.3 is 6.09 Å². The van der Waals surface area contributed by atoms with E-state index >= 15 is 0 Å². The van der Waals surface area contributed by atoms with E-state index < -0.39 is 6.09 Å². The summed E-state index contributed by atoms with van der Waals surface area (Å²) in [5, 5.41) is 23.1. The lowest BCUT2D eigenvalue weighted by Crippen LogP contribution is -2.33. The molecule has 3 heterocycles. The van der Waals surface area contributed by atoms with Crippen molar-refractivity contribution in [1.82, 2.24) is 20.0 Å². The summed E-state index contributed by atoms with van der Waals surface area (Å²) in [5.74, 6) is 1.54. The van der Waals surface area contributed by atoms with Gasteiger partial charge in [-0.3, -0.25) is 0 Å². The van der Waals surface area contributed by atoms with Gasteiger partial charge in [-0.15, -0.1) is 0 Å². The fourth-order valence-corrected chi connectivity index (χ4v) is 4.37. The van der Waals surface area contributed by atoms with E-state index in [4.69, 9.17) is 9.26 Å². The Bertz CT molecular complexity index is 1230. The van der Waals surface area contributed by atoms with Crippen molar-refractivity contribution in [2.75, 3.05) is 19.7 Å². The molecule has 1 unspecified atom stereocenters. The number of hydrogen-bond donors (Lipinski definition) is 1. The monoisotopic (exact) mass is 461 g/mol. The minimum Gasteiger partial charge on any atom is -0.477 e. The highest BCUT2D eigenvalue weighted by molar-refractivity contribution is 5.66. The molecule has 0 saturated heterocycles. The van der Waals surface area contributed by atoms with E-state index in [-0.39, 0.29) is 17.7 Å². The Morgan fingerprint density at radius 1 is 1.35 bits per heavy atom. The first-order valence-corrected chi connectivity index (χ1v) is 11.4. The van der Waals surface area contributed by atoms with Gasteiger partial charge in [-0.1, -0.05) is 31.1 Å². The molecule has 1 atom stereocenters. The second kappa shape index (κ2) is 9.91. The number of ether oxygens (including phenoxy) is 1. The molecule has 0 bridgehead atoms. The number of rotatable bonds is 6. The van der Waals surface area contributed by atoms with Crippen molar-refractivity contribution in [3.8, 4) is 34.8 Å². The van der Waals surface area contributed by atoms with Gasteiger partial charge < -0.3 is 19.3 Å². The zero-order chi connectivity index (χ0) is 24.2. The van der Waals surface area contributed by atoms with E-state index in [0.29, 0.717) is 49.0 Å². The summed E-state index contributed by atoms with van der Waals surface area (Å²) in [6.45, 7) is 7.49. The summed E-state index contributed by atoms with van der Waals surface area (Å²) < 4.78 is 10.8. The standard InChI is InChI=1S/C25H27N5O4/c1-4-33-23-18(12-26)11-19(13-27-23)24-28-22(29-34-24)17-5-6-21-16(10-17)7-8-30(25(31)32)14-20(21)9-15(2)3/h5-6,10-11,13,15,20H,4,7-9,14H2,1-3H3,(H,31,32). The van der Waals surface area contributed by atoms with Crippen molar-refractivity contribution >= 4 is 6.09 Å². The number of aromatic nitrogens is 3. The van der Waals surface area contributed by atoms with Gasteiger partial charge in [0.15, 0.2) is 0 Å². The van der Waals surface area contributed by atoms with Crippen LogP contribution in [0.2, 0.25) is 0 Å². The van der Waals surface area contributed by atoms with Crippen LogP contribution in [-0.4, -0.2) is 50.9 Å². The summed E-state index contributed by atoms with van der Waals surface area (Å²) in [6, 6.07) is 9.73. The van der Waals surface area contributed by atoms with E-state index in [1.54, 1.807) is 6.07 Å². The molecule has 0 aliphatic carbocycles. The zero-order valence-corrected chi connectivity index (χ0v) is 19.5. The fourth-order valence-electron chi connectivity index (χ4n) is 4.37. The van der Waals surface area contributed by atoms with E-state index in [2.05, 4.69) is 41.1 Å². The minimum atomic E-state index is -0.884. The maximum atomic E-state index is 11.7. The first-order chi connectivity index (χ1) is 16.4. The number of amides is 1. The van der Waals surface area contributed by atoms with Gasteiger partial charge in [0, 0.05) is 30.8 Å². The predicted molar refractivity (Wildman–Crippen MR) is 124 cm³/mol. The number of nitriles is 1. The van der Waals surface area contributed by atoms with Crippen LogP contribution in [0, 0.1) is 17.2 Å². The van der Waals surface area contributed by atoms with Crippen LogP contribution in [0.5, 0.6) is 5.88 Å². The molecule has 1 aliphatic heterocycles. The largest absolute Gasteiger partial charge is 0.477 e. The maximum Gasteiger partial charge on any atom is 0.407 e. The van der Waals surface area contributed by atoms with Gasteiger partial charge in [-0.25, -0.2) is 9.78 Å². The Morgan fingerprint density at radius 3 is 2.88 bits per heavy atom. The molecule has 1 aliphatic rings. The van der Waals surface area contributed by atoms with Crippen molar-refractivity contribution in [1.29, 1.82) is 5.26 Å². The lowest BCUT2D eigenvalue weighted by atomic mass is 9.86. The van der Waals surface area contributed by atoms with Crippen LogP contribution in [0.1, 0.15) is 49.8 Å². The average Bonchev–Trinajstić information content (AvgIpc) is 3.24. The number of fused-ring (bicyclic) bond motifs is 1. The van der Waals surface area contributed by atoms with Crippen LogP contribution in [0.15, 0.2) is 35.0 Å². The number of pyridine rings is 1. The van der Waals surface area contributed by atoms with Gasteiger partial charge in [-0.05, 0) is 48.9 Å². The van der Waals surface area contributed by atoms with Crippen LogP contribution in [0.3, 0.4) is 0 Å². The van der Waals surface area contributed by atoms with E-state index in [0.717, 1.165) is 17.5 Å². The Kier molecular flexibility index (Phi) is 6.77. The molecule has 9 heteroatoms. The first kappa shape index (κ1) is 23.2. The van der Waals surface area contributed by atoms with Crippen LogP contribution < -0.4 is 4.74 Å². The smallest absolute Gasteiger partial charge is 0.407 e. The summed E-state index contributed by atoms with van der Waals surface area (Å²) in [7, 11) is 0. The molecular weight excluding hydrogens is 434 g/mol. The van der Waals surface area contributed by atoms with E-state index in [1.165, 1.54) is 16.7 Å². The third-order valence-corrected chi connectivity index (χ3v) is 5.88. The van der Waals surface area contributed by atoms with Gasteiger partial charge in [0.05, 0.1) is 12.2 Å². The summed E-state index contributed by atoms with van der Waals surface area (Å²) in [6.07, 6.45) is 2.19. The molecule has 1 amide bonds. The SMILES string of the molecule is CCOc1ncc(-c2nc(-c3ccc4c(c3)CCN(C(=O)O)CC4CC(C)C)no2)cc1C#N. The Hall–Kier alpha value is -3.93. The van der Waals surface area contributed by atoms with Gasteiger partial charge in [0.25, 0.3) is 5.89 Å². The molecule has 1 aromatic carbocycles. The fraction of sp³-hybridized carbons (Fsp3) is 0.400. The van der Waals surface area contributed by atoms with E-state index in [9.17, 15) is 15.2 Å². The molecule has 4 rings (SSSR count). The summed E-state index contributed by atoms with van der Waals surface area (Å²) in [4.78, 5) is 21.9. The molecular formula is C25H27N5O4. The average molecular weight is 462 g/mol. The normalized spacial score (nSPS) is 15.5. The number of hydrogen-bond acceptors (Lipinski definition) is 7. The van der Waals surface area contributed by atoms with Crippen molar-refractivity contribution in [2.24, 2.45) is 5.92 Å². The Labute approximate surface area is 198 Å². The van der Waals surface area contributed by atoms with Crippen LogP contribution in [-0.2, 0) is 6.42 Å². The van der Waals surface area contributed by atoms with Crippen molar-refractivity contribution in [3.63, 3.8) is 0 Å². The van der Waals surface area contributed by atoms with Crippen LogP contribution >= 0.6 is 0 Å². The minimum absolute atomic E-state index is 0.141. The highest BCUT2D eigenvalue weighted by Crippen LogP contribution is 2.33. The van der Waals surface area contributed by atoms with Crippen LogP contribution in [0.25, 0.3) is 22.8 Å². The van der Waals surface area contributed by atoms with Crippen molar-refractivity contribution < 1.29 is 19.2 Å². The maximum absolute atomic E-state index is 11.7. The molecule has 3 aromatic rings. The number of nitrogens with zero attached hydrogens (tertiary/aromatic N) is 5. The third-order valence-electron chi connectivity index (χ3n) is 5.88. The Balaban J connectivity index is 1.64. The number of benzene rings is 1. The zero-order valence-electron chi connectivity index (χ0n) is 19.5. The molecule has 176 valence electrons. The third kappa shape index (κ3) is 4.86. The number of carbonyl (C=O) groups is 1. The summed E-state index contributed by atoms with van der Waals surface area (Å²) >= 11 is 0. The predicted octanol–water partition coefficient (Wildman–Crippen LogP) is 4.73. The van der Waals surface area contributed by atoms with Crippen LogP contribution in [0.4, 0.5) is 4.79 Å². The highest BCUT2D eigenvalue weighted by Gasteiger charge is 2.27. The molecule has 0 radical (unpaired) electrons. The van der Waals surface area contributed by atoms with Gasteiger partial charge in [0.2, 0.25) is 11.7 Å². The van der Waals surface area contributed by atoms with Crippen molar-refractivity contribution in [3.05, 3.63) is 47.2 Å². The lowest BCUT2D eigenvalue weighted by Gasteiger charge is -2.24. The molecule has 34 heavy (non-hydrogen) atoms. The highest BCUT2D eigenvalue weighted by atomic mass is 16.5. The number of carboxylic acid groups (broad SMARTS) is 1. The van der Waals surface area contributed by atoms with Gasteiger partial charge in [-0.2, -0.15) is 10.2 Å². The Morgan fingerprint density at radius 2 is 2.18 bits per heavy atom. The molecule has 0 spiro atoms. The molecule has 2 aromatic heterocycles. The molecule has 9 nitrogen and oxygen atoms in total. The van der Waals surface area contributed by atoms with E-state index in [1.807, 2.05) is 19.1 Å². The quantitative estimate of drug-likeness (QED) is 0.558. The summed E-state index contributed by atoms with van der Waals surface area (Å²) in [5.41, 5.74) is 3.90. The van der Waals surface area contributed by atoms with Crippen molar-refractivity contribution in [2.45, 2.75) is 39.5 Å². The second-order valence-electron chi connectivity index (χ2n) is 8.76. The molecule has 0 saturated carbocycles. The molecule has 1 N–H and O–H groups in total. The van der Waals surface area contributed by atoms with Gasteiger partial charge in [0.1, 0.15) is 11.6 Å². The molecule has 0 fully saturated rings. The second-order valence-corrected chi connectivity index (χ2v) is 8.76. The first-order valence-electron chi connectivity index (χ1n) is 11.4. The lowest BCUT2D eigenvalue weighted by molar-refractivity contribution is 0.142. The topological polar surface area (TPSA) is 125 Å².